The molecule has 0 aliphatic carbocycles. The molecule has 0 spiro atoms. The molecule has 0 aliphatic heterocycles. The minimum Gasteiger partial charge on any atom is -0.280 e. The van der Waals surface area contributed by atoms with Gasteiger partial charge in [0.2, 0.25) is 5.95 Å². The van der Waals surface area contributed by atoms with E-state index < -0.39 is 10.0 Å². The molecule has 0 bridgehead atoms. The van der Waals surface area contributed by atoms with Crippen molar-refractivity contribution in [1.82, 2.24) is 15.0 Å². The van der Waals surface area contributed by atoms with E-state index in [-0.39, 0.29) is 4.90 Å². The fraction of sp³-hybridized carbons (Fsp3) is 0. The second kappa shape index (κ2) is 8.48. The van der Waals surface area contributed by atoms with Crippen molar-refractivity contribution in [3.05, 3.63) is 96.5 Å². The Bertz CT molecular complexity index is 1200. The first-order chi connectivity index (χ1) is 14.5. The fourth-order valence-electron chi connectivity index (χ4n) is 2.81. The van der Waals surface area contributed by atoms with Gasteiger partial charge in [0.25, 0.3) is 10.0 Å². The molecule has 2 heterocycles. The van der Waals surface area contributed by atoms with Crippen molar-refractivity contribution in [3.8, 4) is 0 Å². The molecular formula is C21H16ClN5O2S. The van der Waals surface area contributed by atoms with Gasteiger partial charge in [-0.1, -0.05) is 17.7 Å². The van der Waals surface area contributed by atoms with Crippen LogP contribution in [0.1, 0.15) is 0 Å². The van der Waals surface area contributed by atoms with Gasteiger partial charge in [0, 0.05) is 23.6 Å². The van der Waals surface area contributed by atoms with Gasteiger partial charge in [-0.25, -0.2) is 18.4 Å². The highest BCUT2D eigenvalue weighted by atomic mass is 35.5. The topological polar surface area (TPSA) is 88.1 Å². The fourth-order valence-corrected chi connectivity index (χ4v) is 3.98. The van der Waals surface area contributed by atoms with E-state index in [2.05, 4.69) is 19.7 Å². The van der Waals surface area contributed by atoms with E-state index in [4.69, 9.17) is 11.6 Å². The second-order valence-electron chi connectivity index (χ2n) is 6.21. The monoisotopic (exact) mass is 437 g/mol. The first-order valence-electron chi connectivity index (χ1n) is 8.88. The van der Waals surface area contributed by atoms with Gasteiger partial charge in [0.1, 0.15) is 0 Å². The van der Waals surface area contributed by atoms with Crippen LogP contribution in [0.3, 0.4) is 0 Å². The van der Waals surface area contributed by atoms with Crippen LogP contribution < -0.4 is 9.62 Å². The SMILES string of the molecule is O=S(=O)(Nc1cccc(N(c2cccnc2)c2ncccn2)c1)c1ccc(Cl)cc1. The Labute approximate surface area is 179 Å². The smallest absolute Gasteiger partial charge is 0.261 e. The number of pyridine rings is 1. The first-order valence-corrected chi connectivity index (χ1v) is 10.7. The summed E-state index contributed by atoms with van der Waals surface area (Å²) in [6.07, 6.45) is 6.63. The number of sulfonamides is 1. The van der Waals surface area contributed by atoms with E-state index in [1.807, 2.05) is 12.1 Å². The molecule has 0 aliphatic rings. The summed E-state index contributed by atoms with van der Waals surface area (Å²) in [5.41, 5.74) is 1.80. The zero-order chi connectivity index (χ0) is 21.0. The Morgan fingerprint density at radius 1 is 0.833 bits per heavy atom. The van der Waals surface area contributed by atoms with Gasteiger partial charge in [-0.3, -0.25) is 14.6 Å². The zero-order valence-electron chi connectivity index (χ0n) is 15.6. The van der Waals surface area contributed by atoms with Crippen LogP contribution in [-0.4, -0.2) is 23.4 Å². The number of hydrogen-bond donors (Lipinski definition) is 1. The van der Waals surface area contributed by atoms with Gasteiger partial charge < -0.3 is 0 Å². The van der Waals surface area contributed by atoms with E-state index >= 15 is 0 Å². The van der Waals surface area contributed by atoms with Crippen molar-refractivity contribution in [1.29, 1.82) is 0 Å². The molecule has 4 rings (SSSR count). The molecule has 2 aromatic heterocycles. The van der Waals surface area contributed by atoms with Gasteiger partial charge in [0.15, 0.2) is 0 Å². The number of benzene rings is 2. The molecule has 150 valence electrons. The number of nitrogens with one attached hydrogen (secondary N) is 1. The summed E-state index contributed by atoms with van der Waals surface area (Å²) < 4.78 is 28.1. The molecule has 7 nitrogen and oxygen atoms in total. The van der Waals surface area contributed by atoms with E-state index in [9.17, 15) is 8.42 Å². The summed E-state index contributed by atoms with van der Waals surface area (Å²) in [6, 6.07) is 18.3. The highest BCUT2D eigenvalue weighted by molar-refractivity contribution is 7.92. The quantitative estimate of drug-likeness (QED) is 0.466. The zero-order valence-corrected chi connectivity index (χ0v) is 17.1. The maximum atomic E-state index is 12.7. The third-order valence-corrected chi connectivity index (χ3v) is 5.79. The minimum absolute atomic E-state index is 0.118. The Kier molecular flexibility index (Phi) is 5.60. The third kappa shape index (κ3) is 4.40. The largest absolute Gasteiger partial charge is 0.280 e. The highest BCUT2D eigenvalue weighted by Gasteiger charge is 2.18. The number of anilines is 4. The van der Waals surface area contributed by atoms with Crippen LogP contribution in [0.5, 0.6) is 0 Å². The molecule has 0 saturated heterocycles. The minimum atomic E-state index is -3.77. The van der Waals surface area contributed by atoms with Crippen LogP contribution in [0.25, 0.3) is 0 Å². The molecule has 30 heavy (non-hydrogen) atoms. The van der Waals surface area contributed by atoms with Gasteiger partial charge in [-0.15, -0.1) is 0 Å². The van der Waals surface area contributed by atoms with Crippen LogP contribution in [0.15, 0.2) is 96.4 Å². The normalized spacial score (nSPS) is 11.1. The van der Waals surface area contributed by atoms with Crippen molar-refractivity contribution < 1.29 is 8.42 Å². The molecular weight excluding hydrogens is 422 g/mol. The lowest BCUT2D eigenvalue weighted by Gasteiger charge is -2.23. The summed E-state index contributed by atoms with van der Waals surface area (Å²) in [5, 5.41) is 0.464. The van der Waals surface area contributed by atoms with E-state index in [1.165, 1.54) is 24.3 Å². The molecule has 1 N–H and O–H groups in total. The number of nitrogens with zero attached hydrogens (tertiary/aromatic N) is 4. The van der Waals surface area contributed by atoms with E-state index in [0.29, 0.717) is 22.3 Å². The van der Waals surface area contributed by atoms with Crippen molar-refractivity contribution in [2.45, 2.75) is 4.90 Å². The summed E-state index contributed by atoms with van der Waals surface area (Å²) in [6.45, 7) is 0. The van der Waals surface area contributed by atoms with Crippen molar-refractivity contribution >= 4 is 44.6 Å². The highest BCUT2D eigenvalue weighted by Crippen LogP contribution is 2.33. The van der Waals surface area contributed by atoms with E-state index in [1.54, 1.807) is 60.0 Å². The Morgan fingerprint density at radius 2 is 1.57 bits per heavy atom. The van der Waals surface area contributed by atoms with Crippen molar-refractivity contribution in [2.75, 3.05) is 9.62 Å². The summed E-state index contributed by atoms with van der Waals surface area (Å²) in [7, 11) is -3.77. The average molecular weight is 438 g/mol. The maximum Gasteiger partial charge on any atom is 0.261 e. The van der Waals surface area contributed by atoms with Crippen LogP contribution in [-0.2, 0) is 10.0 Å². The van der Waals surface area contributed by atoms with Gasteiger partial charge in [-0.05, 0) is 60.7 Å². The molecule has 0 radical (unpaired) electrons. The number of halogens is 1. The van der Waals surface area contributed by atoms with Crippen LogP contribution in [0.2, 0.25) is 5.02 Å². The van der Waals surface area contributed by atoms with E-state index in [0.717, 1.165) is 5.69 Å². The molecule has 9 heteroatoms. The van der Waals surface area contributed by atoms with Crippen molar-refractivity contribution in [2.24, 2.45) is 0 Å². The summed E-state index contributed by atoms with van der Waals surface area (Å²) >= 11 is 5.86. The van der Waals surface area contributed by atoms with Gasteiger partial charge in [0.05, 0.1) is 28.2 Å². The molecule has 0 saturated carbocycles. The number of rotatable bonds is 6. The predicted octanol–water partition coefficient (Wildman–Crippen LogP) is 4.80. The van der Waals surface area contributed by atoms with Gasteiger partial charge >= 0.3 is 0 Å². The Morgan fingerprint density at radius 3 is 2.27 bits per heavy atom. The molecule has 0 unspecified atom stereocenters. The van der Waals surface area contributed by atoms with Gasteiger partial charge in [-0.2, -0.15) is 0 Å². The summed E-state index contributed by atoms with van der Waals surface area (Å²) in [5.74, 6) is 0.434. The average Bonchev–Trinajstić information content (AvgIpc) is 2.76. The molecule has 0 fully saturated rings. The lowest BCUT2D eigenvalue weighted by atomic mass is 10.2. The van der Waals surface area contributed by atoms with Crippen molar-refractivity contribution in [3.63, 3.8) is 0 Å². The maximum absolute atomic E-state index is 12.7. The second-order valence-corrected chi connectivity index (χ2v) is 8.32. The standard InChI is InChI=1S/C21H16ClN5O2S/c22-16-7-9-20(10-8-16)30(28,29)26-17-4-1-5-18(14-17)27(19-6-2-11-23-15-19)21-24-12-3-13-25-21/h1-15,26H. The molecule has 2 aromatic carbocycles. The Balaban J connectivity index is 1.71. The lowest BCUT2D eigenvalue weighted by Crippen LogP contribution is -2.15. The lowest BCUT2D eigenvalue weighted by molar-refractivity contribution is 0.601. The third-order valence-electron chi connectivity index (χ3n) is 4.14. The molecule has 0 amide bonds. The predicted molar refractivity (Wildman–Crippen MR) is 117 cm³/mol. The molecule has 4 aromatic rings. The van der Waals surface area contributed by atoms with Crippen LogP contribution >= 0.6 is 11.6 Å². The summed E-state index contributed by atoms with van der Waals surface area (Å²) in [4.78, 5) is 14.7. The van der Waals surface area contributed by atoms with Crippen LogP contribution in [0.4, 0.5) is 23.0 Å². The first kappa shape index (κ1) is 19.8. The Hall–Kier alpha value is -3.49. The molecule has 0 atom stereocenters. The van der Waals surface area contributed by atoms with Crippen LogP contribution in [0, 0.1) is 0 Å². The number of hydrogen-bond acceptors (Lipinski definition) is 6. The number of aromatic nitrogens is 3.